The van der Waals surface area contributed by atoms with E-state index in [0.717, 1.165) is 5.56 Å². The zero-order chi connectivity index (χ0) is 17.7. The van der Waals surface area contributed by atoms with Crippen LogP contribution in [0.4, 0.5) is 5.69 Å². The number of hydrogen-bond donors (Lipinski definition) is 1. The Kier molecular flexibility index (Phi) is 5.47. The number of carbonyl (C=O) groups is 1. The number of carbonyl (C=O) groups excluding carboxylic acids is 1. The van der Waals surface area contributed by atoms with Gasteiger partial charge in [0.2, 0.25) is 0 Å². The minimum Gasteiger partial charge on any atom is -0.497 e. The van der Waals surface area contributed by atoms with Gasteiger partial charge in [-0.1, -0.05) is 0 Å². The van der Waals surface area contributed by atoms with E-state index in [1.54, 1.807) is 39.3 Å². The highest BCUT2D eigenvalue weighted by Crippen LogP contribution is 2.25. The average molecular weight is 332 g/mol. The molecule has 2 aromatic rings. The van der Waals surface area contributed by atoms with Gasteiger partial charge in [-0.25, -0.2) is 4.79 Å². The van der Waals surface area contributed by atoms with Crippen molar-refractivity contribution >= 4 is 11.7 Å². The van der Waals surface area contributed by atoms with Crippen molar-refractivity contribution in [2.75, 3.05) is 26.6 Å². The molecular formula is C17H20N2O5. The van der Waals surface area contributed by atoms with Crippen molar-refractivity contribution in [3.8, 4) is 11.5 Å². The molecule has 0 aliphatic carbocycles. The van der Waals surface area contributed by atoms with E-state index < -0.39 is 11.5 Å². The summed E-state index contributed by atoms with van der Waals surface area (Å²) >= 11 is 0. The van der Waals surface area contributed by atoms with E-state index in [2.05, 4.69) is 0 Å². The van der Waals surface area contributed by atoms with Crippen LogP contribution in [0.5, 0.6) is 11.5 Å². The molecule has 2 N–H and O–H groups in total. The van der Waals surface area contributed by atoms with Crippen LogP contribution in [0.25, 0.3) is 0 Å². The largest absolute Gasteiger partial charge is 0.497 e. The molecule has 0 unspecified atom stereocenters. The van der Waals surface area contributed by atoms with Gasteiger partial charge in [0.05, 0.1) is 32.9 Å². The fraction of sp³-hybridized carbons (Fsp3) is 0.294. The number of rotatable bonds is 6. The van der Waals surface area contributed by atoms with Gasteiger partial charge in [0, 0.05) is 17.8 Å². The van der Waals surface area contributed by atoms with Crippen LogP contribution in [-0.4, -0.2) is 31.4 Å². The number of benzene rings is 1. The maximum atomic E-state index is 12.4. The lowest BCUT2D eigenvalue weighted by atomic mass is 10.1. The van der Waals surface area contributed by atoms with Crippen molar-refractivity contribution in [1.82, 2.24) is 4.57 Å². The summed E-state index contributed by atoms with van der Waals surface area (Å²) < 4.78 is 16.8. The molecule has 1 aromatic heterocycles. The quantitative estimate of drug-likeness (QED) is 0.809. The Hall–Kier alpha value is -2.96. The molecule has 0 aliphatic heterocycles. The lowest BCUT2D eigenvalue weighted by Gasteiger charge is -2.13. The lowest BCUT2D eigenvalue weighted by Crippen LogP contribution is -2.26. The number of aromatic nitrogens is 1. The molecule has 0 atom stereocenters. The van der Waals surface area contributed by atoms with Crippen molar-refractivity contribution < 1.29 is 19.0 Å². The van der Waals surface area contributed by atoms with Gasteiger partial charge in [-0.15, -0.1) is 0 Å². The maximum Gasteiger partial charge on any atom is 0.340 e. The van der Waals surface area contributed by atoms with Gasteiger partial charge in [0.1, 0.15) is 17.2 Å². The molecule has 128 valence electrons. The molecule has 0 saturated carbocycles. The molecule has 0 radical (unpaired) electrons. The molecule has 2 rings (SSSR count). The number of nitrogens with two attached hydrogens (primary N) is 1. The number of esters is 1. The Balaban J connectivity index is 2.36. The zero-order valence-electron chi connectivity index (χ0n) is 13.9. The second-order valence-electron chi connectivity index (χ2n) is 4.97. The molecule has 0 amide bonds. The van der Waals surface area contributed by atoms with Gasteiger partial charge in [0.25, 0.3) is 5.56 Å². The third-order valence-electron chi connectivity index (χ3n) is 3.53. The summed E-state index contributed by atoms with van der Waals surface area (Å²) in [4.78, 5) is 24.2. The van der Waals surface area contributed by atoms with Gasteiger partial charge in [-0.2, -0.15) is 0 Å². The van der Waals surface area contributed by atoms with E-state index in [9.17, 15) is 9.59 Å². The summed E-state index contributed by atoms with van der Waals surface area (Å²) in [5.74, 6) is 0.635. The highest BCUT2D eigenvalue weighted by molar-refractivity contribution is 5.94. The first-order valence-corrected chi connectivity index (χ1v) is 7.38. The highest BCUT2D eigenvalue weighted by atomic mass is 16.5. The minimum atomic E-state index is -0.610. The van der Waals surface area contributed by atoms with E-state index in [-0.39, 0.29) is 24.4 Å². The number of methoxy groups -OCH3 is 2. The van der Waals surface area contributed by atoms with Crippen molar-refractivity contribution in [3.05, 3.63) is 51.9 Å². The van der Waals surface area contributed by atoms with Crippen LogP contribution >= 0.6 is 0 Å². The van der Waals surface area contributed by atoms with Crippen LogP contribution in [-0.2, 0) is 11.3 Å². The topological polar surface area (TPSA) is 92.8 Å². The SMILES string of the molecule is CCOC(=O)c1ccn(Cc2ccc(OC)cc2OC)c(=O)c1N. The normalized spacial score (nSPS) is 10.3. The van der Waals surface area contributed by atoms with E-state index in [1.807, 2.05) is 0 Å². The van der Waals surface area contributed by atoms with Crippen molar-refractivity contribution in [2.45, 2.75) is 13.5 Å². The van der Waals surface area contributed by atoms with Crippen LogP contribution in [0, 0.1) is 0 Å². The van der Waals surface area contributed by atoms with Gasteiger partial charge >= 0.3 is 5.97 Å². The number of nitrogen functional groups attached to an aromatic ring is 1. The molecule has 0 bridgehead atoms. The molecule has 1 heterocycles. The first kappa shape index (κ1) is 17.4. The summed E-state index contributed by atoms with van der Waals surface area (Å²) in [5, 5.41) is 0. The van der Waals surface area contributed by atoms with Gasteiger partial charge in [-0.05, 0) is 25.1 Å². The van der Waals surface area contributed by atoms with E-state index in [0.29, 0.717) is 11.5 Å². The Morgan fingerprint density at radius 2 is 1.96 bits per heavy atom. The standard InChI is InChI=1S/C17H20N2O5/c1-4-24-17(21)13-7-8-19(16(20)15(13)18)10-11-5-6-12(22-2)9-14(11)23-3/h5-9H,4,10,18H2,1-3H3. The summed E-state index contributed by atoms with van der Waals surface area (Å²) in [7, 11) is 3.10. The maximum absolute atomic E-state index is 12.4. The summed E-state index contributed by atoms with van der Waals surface area (Å²) in [6.45, 7) is 2.15. The monoisotopic (exact) mass is 332 g/mol. The van der Waals surface area contributed by atoms with Crippen LogP contribution < -0.4 is 20.8 Å². The summed E-state index contributed by atoms with van der Waals surface area (Å²) in [6.07, 6.45) is 1.51. The van der Waals surface area contributed by atoms with Crippen molar-refractivity contribution in [1.29, 1.82) is 0 Å². The third kappa shape index (κ3) is 3.51. The smallest absolute Gasteiger partial charge is 0.340 e. The highest BCUT2D eigenvalue weighted by Gasteiger charge is 2.16. The van der Waals surface area contributed by atoms with E-state index >= 15 is 0 Å². The molecule has 7 nitrogen and oxygen atoms in total. The molecular weight excluding hydrogens is 312 g/mol. The Bertz CT molecular complexity index is 798. The van der Waals surface area contributed by atoms with Crippen LogP contribution in [0.1, 0.15) is 22.8 Å². The molecule has 0 fully saturated rings. The van der Waals surface area contributed by atoms with Gasteiger partial charge in [0.15, 0.2) is 0 Å². The van der Waals surface area contributed by atoms with Crippen molar-refractivity contribution in [3.63, 3.8) is 0 Å². The second kappa shape index (κ2) is 7.54. The fourth-order valence-corrected chi connectivity index (χ4v) is 2.27. The van der Waals surface area contributed by atoms with Gasteiger partial charge in [-0.3, -0.25) is 4.79 Å². The predicted molar refractivity (Wildman–Crippen MR) is 89.7 cm³/mol. The second-order valence-corrected chi connectivity index (χ2v) is 4.97. The molecule has 7 heteroatoms. The number of hydrogen-bond acceptors (Lipinski definition) is 6. The number of nitrogens with zero attached hydrogens (tertiary/aromatic N) is 1. The summed E-state index contributed by atoms with van der Waals surface area (Å²) in [5.41, 5.74) is 6.05. The van der Waals surface area contributed by atoms with E-state index in [4.69, 9.17) is 19.9 Å². The molecule has 0 saturated heterocycles. The minimum absolute atomic E-state index is 0.0693. The fourth-order valence-electron chi connectivity index (χ4n) is 2.27. The average Bonchev–Trinajstić information content (AvgIpc) is 2.59. The number of pyridine rings is 1. The van der Waals surface area contributed by atoms with Crippen LogP contribution in [0.3, 0.4) is 0 Å². The lowest BCUT2D eigenvalue weighted by molar-refractivity contribution is 0.0527. The van der Waals surface area contributed by atoms with E-state index in [1.165, 1.54) is 16.8 Å². The zero-order valence-corrected chi connectivity index (χ0v) is 13.9. The van der Waals surface area contributed by atoms with Crippen LogP contribution in [0.15, 0.2) is 35.3 Å². The Morgan fingerprint density at radius 1 is 1.21 bits per heavy atom. The first-order chi connectivity index (χ1) is 11.5. The third-order valence-corrected chi connectivity index (χ3v) is 3.53. The molecule has 0 spiro atoms. The Morgan fingerprint density at radius 3 is 2.58 bits per heavy atom. The molecule has 0 aliphatic rings. The number of ether oxygens (including phenoxy) is 3. The van der Waals surface area contributed by atoms with Crippen LogP contribution in [0.2, 0.25) is 0 Å². The molecule has 1 aromatic carbocycles. The first-order valence-electron chi connectivity index (χ1n) is 7.38. The molecule has 24 heavy (non-hydrogen) atoms. The van der Waals surface area contributed by atoms with Crippen molar-refractivity contribution in [2.24, 2.45) is 0 Å². The predicted octanol–water partition coefficient (Wildman–Crippen LogP) is 1.67. The number of anilines is 1. The summed E-state index contributed by atoms with van der Waals surface area (Å²) in [6, 6.07) is 6.79. The van der Waals surface area contributed by atoms with Gasteiger partial charge < -0.3 is 24.5 Å². The Labute approximate surface area is 139 Å².